The molecule has 0 radical (unpaired) electrons. The molecule has 7 nitrogen and oxygen atoms in total. The molecule has 0 saturated heterocycles. The van der Waals surface area contributed by atoms with Crippen LogP contribution in [0.1, 0.15) is 0 Å². The maximum absolute atomic E-state index is 10.4. The molecule has 102 valence electrons. The van der Waals surface area contributed by atoms with Crippen LogP contribution in [0.3, 0.4) is 0 Å². The topological polar surface area (TPSA) is 105 Å². The molecular weight excluding hydrogens is 263 g/mol. The van der Waals surface area contributed by atoms with Gasteiger partial charge in [-0.15, -0.1) is 0 Å². The molecule has 0 aliphatic heterocycles. The minimum atomic E-state index is -4.43. The first-order valence-corrected chi connectivity index (χ1v) is 6.71. The van der Waals surface area contributed by atoms with Crippen LogP contribution in [0.5, 0.6) is 11.5 Å². The van der Waals surface area contributed by atoms with Gasteiger partial charge in [0.25, 0.3) is 0 Å². The van der Waals surface area contributed by atoms with Crippen molar-refractivity contribution in [3.63, 3.8) is 0 Å². The first-order chi connectivity index (χ1) is 8.51. The summed E-state index contributed by atoms with van der Waals surface area (Å²) in [5.41, 5.74) is 0. The van der Waals surface area contributed by atoms with E-state index < -0.39 is 7.82 Å². The van der Waals surface area contributed by atoms with Gasteiger partial charge in [-0.2, -0.15) is 0 Å². The molecule has 0 heterocycles. The van der Waals surface area contributed by atoms with Gasteiger partial charge >= 0.3 is 7.82 Å². The quantitative estimate of drug-likeness (QED) is 0.471. The van der Waals surface area contributed by atoms with Gasteiger partial charge in [-0.1, -0.05) is 0 Å². The number of aliphatic hydroxyl groups excluding tert-OH is 1. The van der Waals surface area contributed by atoms with E-state index >= 15 is 0 Å². The molecule has 0 unspecified atom stereocenters. The molecule has 0 aliphatic rings. The molecule has 0 atom stereocenters. The molecule has 18 heavy (non-hydrogen) atoms. The Morgan fingerprint density at radius 2 is 1.44 bits per heavy atom. The largest absolute Gasteiger partial charge is 0.491 e. The zero-order valence-corrected chi connectivity index (χ0v) is 10.5. The van der Waals surface area contributed by atoms with Crippen LogP contribution in [0.4, 0.5) is 0 Å². The standard InChI is InChI=1S/C10H15O7P/c11-5-6-15-9-1-3-10(4-2-9)16-7-8-17-18(12,13)14/h1-4,11H,5-8H2,(H2,12,13,14). The molecule has 1 rings (SSSR count). The first-order valence-electron chi connectivity index (χ1n) is 5.18. The maximum atomic E-state index is 10.4. The lowest BCUT2D eigenvalue weighted by Gasteiger charge is -2.08. The molecule has 0 fully saturated rings. The number of phosphoric ester groups is 1. The van der Waals surface area contributed by atoms with E-state index in [9.17, 15) is 4.57 Å². The van der Waals surface area contributed by atoms with Gasteiger partial charge in [-0.05, 0) is 24.3 Å². The van der Waals surface area contributed by atoms with Gasteiger partial charge in [0.05, 0.1) is 13.2 Å². The van der Waals surface area contributed by atoms with Crippen molar-refractivity contribution in [3.8, 4) is 11.5 Å². The van der Waals surface area contributed by atoms with E-state index in [0.29, 0.717) is 11.5 Å². The summed E-state index contributed by atoms with van der Waals surface area (Å²) in [6.07, 6.45) is 0. The Bertz CT molecular complexity index is 386. The Morgan fingerprint density at radius 1 is 0.944 bits per heavy atom. The van der Waals surface area contributed by atoms with E-state index in [-0.39, 0.29) is 26.4 Å². The molecule has 1 aromatic carbocycles. The summed E-state index contributed by atoms with van der Waals surface area (Å²) in [5, 5.41) is 8.56. The summed E-state index contributed by atoms with van der Waals surface area (Å²) in [6, 6.07) is 6.61. The van der Waals surface area contributed by atoms with Crippen LogP contribution in [0.2, 0.25) is 0 Å². The monoisotopic (exact) mass is 278 g/mol. The summed E-state index contributed by atoms with van der Waals surface area (Å²) in [7, 11) is -4.43. The predicted molar refractivity (Wildman–Crippen MR) is 62.5 cm³/mol. The Balaban J connectivity index is 2.28. The SMILES string of the molecule is O=P(O)(O)OCCOc1ccc(OCCO)cc1. The summed E-state index contributed by atoms with van der Waals surface area (Å²) in [5.74, 6) is 1.13. The van der Waals surface area contributed by atoms with Gasteiger partial charge in [-0.25, -0.2) is 4.57 Å². The number of rotatable bonds is 8. The van der Waals surface area contributed by atoms with Crippen LogP contribution >= 0.6 is 7.82 Å². The lowest BCUT2D eigenvalue weighted by Crippen LogP contribution is -2.05. The maximum Gasteiger partial charge on any atom is 0.469 e. The Labute approximate surface area is 104 Å². The molecular formula is C10H15O7P. The van der Waals surface area contributed by atoms with Crippen LogP contribution < -0.4 is 9.47 Å². The first kappa shape index (κ1) is 14.9. The second-order valence-electron chi connectivity index (χ2n) is 3.22. The van der Waals surface area contributed by atoms with E-state index in [2.05, 4.69) is 4.52 Å². The third-order valence-corrected chi connectivity index (χ3v) is 2.31. The van der Waals surface area contributed by atoms with Gasteiger partial charge in [0.1, 0.15) is 24.7 Å². The van der Waals surface area contributed by atoms with Crippen LogP contribution in [0.15, 0.2) is 24.3 Å². The van der Waals surface area contributed by atoms with Crippen LogP contribution in [0.25, 0.3) is 0 Å². The normalized spacial score (nSPS) is 11.3. The molecule has 0 aliphatic carbocycles. The van der Waals surface area contributed by atoms with E-state index in [0.717, 1.165) is 0 Å². The van der Waals surface area contributed by atoms with Crippen LogP contribution in [0, 0.1) is 0 Å². The minimum absolute atomic E-state index is 0.0297. The molecule has 1 aromatic rings. The zero-order valence-electron chi connectivity index (χ0n) is 9.56. The highest BCUT2D eigenvalue weighted by Gasteiger charge is 2.12. The smallest absolute Gasteiger partial charge is 0.469 e. The molecule has 0 saturated carbocycles. The van der Waals surface area contributed by atoms with E-state index in [1.807, 2.05) is 0 Å². The number of phosphoric acid groups is 1. The Kier molecular flexibility index (Phi) is 6.11. The van der Waals surface area contributed by atoms with Crippen molar-refractivity contribution in [2.45, 2.75) is 0 Å². The van der Waals surface area contributed by atoms with Crippen LogP contribution in [-0.2, 0) is 9.09 Å². The molecule has 8 heteroatoms. The summed E-state index contributed by atoms with van der Waals surface area (Å²) >= 11 is 0. The number of hydrogen-bond donors (Lipinski definition) is 3. The van der Waals surface area contributed by atoms with Crippen molar-refractivity contribution in [1.29, 1.82) is 0 Å². The Morgan fingerprint density at radius 3 is 1.89 bits per heavy atom. The van der Waals surface area contributed by atoms with E-state index in [1.165, 1.54) is 0 Å². The van der Waals surface area contributed by atoms with Gasteiger partial charge < -0.3 is 24.4 Å². The van der Waals surface area contributed by atoms with Gasteiger partial charge in [0, 0.05) is 0 Å². The van der Waals surface area contributed by atoms with Gasteiger partial charge in [0.15, 0.2) is 0 Å². The molecule has 0 amide bonds. The van der Waals surface area contributed by atoms with Crippen molar-refractivity contribution < 1.29 is 33.5 Å². The van der Waals surface area contributed by atoms with Crippen molar-refractivity contribution in [1.82, 2.24) is 0 Å². The second kappa shape index (κ2) is 7.35. The number of ether oxygens (including phenoxy) is 2. The third-order valence-electron chi connectivity index (χ3n) is 1.80. The lowest BCUT2D eigenvalue weighted by atomic mass is 10.3. The number of aliphatic hydroxyl groups is 1. The summed E-state index contributed by atoms with van der Waals surface area (Å²) < 4.78 is 24.9. The highest BCUT2D eigenvalue weighted by molar-refractivity contribution is 7.46. The van der Waals surface area contributed by atoms with Crippen molar-refractivity contribution in [3.05, 3.63) is 24.3 Å². The molecule has 0 spiro atoms. The summed E-state index contributed by atoms with van der Waals surface area (Å²) in [6.45, 7) is -0.0106. The van der Waals surface area contributed by atoms with Crippen molar-refractivity contribution in [2.75, 3.05) is 26.4 Å². The fourth-order valence-electron chi connectivity index (χ4n) is 1.11. The minimum Gasteiger partial charge on any atom is -0.491 e. The zero-order chi connectivity index (χ0) is 13.4. The fourth-order valence-corrected chi connectivity index (χ4v) is 1.42. The highest BCUT2D eigenvalue weighted by Crippen LogP contribution is 2.35. The fraction of sp³-hybridized carbons (Fsp3) is 0.400. The highest BCUT2D eigenvalue weighted by atomic mass is 31.2. The van der Waals surface area contributed by atoms with Crippen molar-refractivity contribution >= 4 is 7.82 Å². The van der Waals surface area contributed by atoms with Gasteiger partial charge in [0.2, 0.25) is 0 Å². The molecule has 0 aromatic heterocycles. The van der Waals surface area contributed by atoms with Gasteiger partial charge in [-0.3, -0.25) is 4.52 Å². The number of hydrogen-bond acceptors (Lipinski definition) is 5. The average molecular weight is 278 g/mol. The molecule has 3 N–H and O–H groups in total. The summed E-state index contributed by atoms with van der Waals surface area (Å²) in [4.78, 5) is 16.9. The van der Waals surface area contributed by atoms with Crippen LogP contribution in [-0.4, -0.2) is 41.3 Å². The van der Waals surface area contributed by atoms with E-state index in [1.54, 1.807) is 24.3 Å². The average Bonchev–Trinajstić information content (AvgIpc) is 2.32. The van der Waals surface area contributed by atoms with Crippen molar-refractivity contribution in [2.24, 2.45) is 0 Å². The predicted octanol–water partition coefficient (Wildman–Crippen LogP) is 0.546. The molecule has 0 bridgehead atoms. The lowest BCUT2D eigenvalue weighted by molar-refractivity contribution is 0.160. The second-order valence-corrected chi connectivity index (χ2v) is 4.46. The van der Waals surface area contributed by atoms with E-state index in [4.69, 9.17) is 24.4 Å². The Hall–Kier alpha value is -1.11. The third kappa shape index (κ3) is 6.58. The number of benzene rings is 1.